The molecule has 182 valence electrons. The van der Waals surface area contributed by atoms with E-state index in [1.807, 2.05) is 45.0 Å². The molecule has 0 radical (unpaired) electrons. The summed E-state index contributed by atoms with van der Waals surface area (Å²) in [5.74, 6) is 0.735. The van der Waals surface area contributed by atoms with Crippen LogP contribution in [0.2, 0.25) is 0 Å². The number of ether oxygens (including phenoxy) is 1. The largest absolute Gasteiger partial charge is 0.444 e. The molecule has 3 aromatic rings. The van der Waals surface area contributed by atoms with Crippen molar-refractivity contribution in [3.63, 3.8) is 0 Å². The van der Waals surface area contributed by atoms with E-state index in [-0.39, 0.29) is 17.1 Å². The summed E-state index contributed by atoms with van der Waals surface area (Å²) >= 11 is 0. The van der Waals surface area contributed by atoms with Crippen molar-refractivity contribution in [3.8, 4) is 0 Å². The smallest absolute Gasteiger partial charge is 0.407 e. The first kappa shape index (κ1) is 23.9. The fourth-order valence-electron chi connectivity index (χ4n) is 4.42. The number of para-hydroxylation sites is 1. The highest BCUT2D eigenvalue weighted by Gasteiger charge is 2.29. The summed E-state index contributed by atoms with van der Waals surface area (Å²) in [5.41, 5.74) is 2.97. The van der Waals surface area contributed by atoms with Crippen molar-refractivity contribution < 1.29 is 9.53 Å². The molecule has 0 unspecified atom stereocenters. The number of amides is 1. The lowest BCUT2D eigenvalue weighted by Gasteiger charge is -2.36. The lowest BCUT2D eigenvalue weighted by atomic mass is 9.97. The number of carbonyl (C=O) groups is 1. The van der Waals surface area contributed by atoms with Crippen molar-refractivity contribution in [2.45, 2.75) is 66.2 Å². The fraction of sp³-hybridized carbons (Fsp3) is 0.500. The molecule has 0 aliphatic carbocycles. The van der Waals surface area contributed by atoms with E-state index in [4.69, 9.17) is 9.72 Å². The highest BCUT2D eigenvalue weighted by Crippen LogP contribution is 2.33. The Morgan fingerprint density at radius 1 is 1.12 bits per heavy atom. The lowest BCUT2D eigenvalue weighted by Crippen LogP contribution is -2.48. The SMILES string of the molecule is Cn1c(=O)n(CC(C)(C)C)c2ccc(N3C[C@@H](NC(=O)OC(C)(C)C)Cc4ccccc43)nc21. The zero-order valence-electron chi connectivity index (χ0n) is 21.2. The third-order valence-corrected chi connectivity index (χ3v) is 5.75. The van der Waals surface area contributed by atoms with Gasteiger partial charge >= 0.3 is 11.8 Å². The van der Waals surface area contributed by atoms with Crippen molar-refractivity contribution in [3.05, 3.63) is 52.4 Å². The second-order valence-corrected chi connectivity index (χ2v) is 11.3. The second kappa shape index (κ2) is 8.49. The predicted octanol–water partition coefficient (Wildman–Crippen LogP) is 4.37. The van der Waals surface area contributed by atoms with Gasteiger partial charge in [0, 0.05) is 25.8 Å². The molecule has 1 aromatic carbocycles. The van der Waals surface area contributed by atoms with E-state index in [2.05, 4.69) is 43.1 Å². The van der Waals surface area contributed by atoms with E-state index in [0.29, 0.717) is 25.2 Å². The van der Waals surface area contributed by atoms with Crippen molar-refractivity contribution >= 4 is 28.8 Å². The number of carbonyl (C=O) groups excluding carboxylic acids is 1. The number of aromatic nitrogens is 3. The van der Waals surface area contributed by atoms with Crippen LogP contribution in [0.15, 0.2) is 41.2 Å². The number of imidazole rings is 1. The zero-order valence-corrected chi connectivity index (χ0v) is 21.2. The number of hydrogen-bond acceptors (Lipinski definition) is 5. The molecule has 8 nitrogen and oxygen atoms in total. The van der Waals surface area contributed by atoms with Gasteiger partial charge in [0.2, 0.25) is 0 Å². The van der Waals surface area contributed by atoms with Crippen molar-refractivity contribution in [2.24, 2.45) is 12.5 Å². The number of anilines is 2. The highest BCUT2D eigenvalue weighted by atomic mass is 16.6. The predicted molar refractivity (Wildman–Crippen MR) is 135 cm³/mol. The first-order valence-corrected chi connectivity index (χ1v) is 11.7. The maximum Gasteiger partial charge on any atom is 0.407 e. The van der Waals surface area contributed by atoms with Gasteiger partial charge in [-0.2, -0.15) is 0 Å². The van der Waals surface area contributed by atoms with E-state index in [9.17, 15) is 9.59 Å². The minimum absolute atomic E-state index is 0.0385. The summed E-state index contributed by atoms with van der Waals surface area (Å²) in [6.07, 6.45) is 0.274. The number of nitrogens with zero attached hydrogens (tertiary/aromatic N) is 4. The van der Waals surface area contributed by atoms with Crippen LogP contribution in [0.5, 0.6) is 0 Å². The van der Waals surface area contributed by atoms with Crippen molar-refractivity contribution in [2.75, 3.05) is 11.4 Å². The van der Waals surface area contributed by atoms with Gasteiger partial charge in [0.25, 0.3) is 0 Å². The van der Waals surface area contributed by atoms with Crippen LogP contribution < -0.4 is 15.9 Å². The molecular formula is C26H35N5O3. The average Bonchev–Trinajstić information content (AvgIpc) is 2.95. The molecule has 0 saturated heterocycles. The van der Waals surface area contributed by atoms with E-state index in [1.165, 1.54) is 0 Å². The van der Waals surface area contributed by atoms with E-state index < -0.39 is 11.7 Å². The molecule has 3 heterocycles. The summed E-state index contributed by atoms with van der Waals surface area (Å²) in [5, 5.41) is 3.01. The van der Waals surface area contributed by atoms with Gasteiger partial charge in [-0.05, 0) is 56.4 Å². The minimum atomic E-state index is -0.562. The molecule has 1 amide bonds. The van der Waals surface area contributed by atoms with Crippen LogP contribution >= 0.6 is 0 Å². The Morgan fingerprint density at radius 2 is 1.82 bits per heavy atom. The number of hydrogen-bond donors (Lipinski definition) is 1. The van der Waals surface area contributed by atoms with Crippen LogP contribution in [-0.2, 0) is 24.8 Å². The van der Waals surface area contributed by atoms with Crippen LogP contribution in [0.1, 0.15) is 47.1 Å². The Morgan fingerprint density at radius 3 is 2.50 bits per heavy atom. The monoisotopic (exact) mass is 465 g/mol. The van der Waals surface area contributed by atoms with E-state index >= 15 is 0 Å². The fourth-order valence-corrected chi connectivity index (χ4v) is 4.42. The number of pyridine rings is 1. The van der Waals surface area contributed by atoms with E-state index in [1.54, 1.807) is 16.2 Å². The Hall–Kier alpha value is -3.29. The third kappa shape index (κ3) is 4.95. The number of alkyl carbamates (subject to hydrolysis) is 1. The number of nitrogens with one attached hydrogen (secondary N) is 1. The molecule has 0 spiro atoms. The summed E-state index contributed by atoms with van der Waals surface area (Å²) in [4.78, 5) is 32.4. The number of fused-ring (bicyclic) bond motifs is 2. The molecule has 34 heavy (non-hydrogen) atoms. The highest BCUT2D eigenvalue weighted by molar-refractivity contribution is 5.77. The molecule has 2 aromatic heterocycles. The molecule has 4 rings (SSSR count). The third-order valence-electron chi connectivity index (χ3n) is 5.75. The van der Waals surface area contributed by atoms with Gasteiger partial charge in [0.05, 0.1) is 11.6 Å². The first-order valence-electron chi connectivity index (χ1n) is 11.7. The maximum absolute atomic E-state index is 13.0. The average molecular weight is 466 g/mol. The molecule has 1 atom stereocenters. The lowest BCUT2D eigenvalue weighted by molar-refractivity contribution is 0.0505. The molecule has 0 bridgehead atoms. The summed E-state index contributed by atoms with van der Waals surface area (Å²) in [6.45, 7) is 13.1. The van der Waals surface area contributed by atoms with Gasteiger partial charge in [-0.3, -0.25) is 9.13 Å². The van der Waals surface area contributed by atoms with Crippen LogP contribution in [0.3, 0.4) is 0 Å². The molecule has 0 saturated carbocycles. The van der Waals surface area contributed by atoms with Gasteiger partial charge in [-0.15, -0.1) is 0 Å². The molecular weight excluding hydrogens is 430 g/mol. The molecule has 0 fully saturated rings. The number of benzene rings is 1. The van der Waals surface area contributed by atoms with Crippen LogP contribution in [0.25, 0.3) is 11.2 Å². The Bertz CT molecular complexity index is 1280. The van der Waals surface area contributed by atoms with Gasteiger partial charge < -0.3 is 15.0 Å². The van der Waals surface area contributed by atoms with Crippen LogP contribution in [-0.4, -0.2) is 38.4 Å². The van der Waals surface area contributed by atoms with Gasteiger partial charge in [-0.1, -0.05) is 39.0 Å². The van der Waals surface area contributed by atoms with Crippen LogP contribution in [0.4, 0.5) is 16.3 Å². The summed E-state index contributed by atoms with van der Waals surface area (Å²) in [7, 11) is 1.76. The minimum Gasteiger partial charge on any atom is -0.444 e. The molecule has 1 aliphatic heterocycles. The van der Waals surface area contributed by atoms with Gasteiger partial charge in [0.1, 0.15) is 11.4 Å². The van der Waals surface area contributed by atoms with E-state index in [0.717, 1.165) is 22.6 Å². The van der Waals surface area contributed by atoms with Gasteiger partial charge in [-0.25, -0.2) is 14.6 Å². The van der Waals surface area contributed by atoms with Gasteiger partial charge in [0.15, 0.2) is 5.65 Å². The van der Waals surface area contributed by atoms with Crippen molar-refractivity contribution in [1.29, 1.82) is 0 Å². The maximum atomic E-state index is 13.0. The molecule has 1 aliphatic rings. The standard InChI is InChI=1S/C26H35N5O3/c1-25(2,3)16-31-20-12-13-21(28-22(20)29(7)24(31)33)30-15-18(27-23(32)34-26(4,5)6)14-17-10-8-9-11-19(17)30/h8-13,18H,14-16H2,1-7H3,(H,27,32)/t18-/m0/s1. The topological polar surface area (TPSA) is 81.4 Å². The first-order chi connectivity index (χ1) is 15.8. The Labute approximate surface area is 200 Å². The summed E-state index contributed by atoms with van der Waals surface area (Å²) < 4.78 is 8.88. The zero-order chi connectivity index (χ0) is 24.8. The molecule has 1 N–H and O–H groups in total. The number of aryl methyl sites for hydroxylation is 1. The normalized spacial score (nSPS) is 16.4. The second-order valence-electron chi connectivity index (χ2n) is 11.3. The quantitative estimate of drug-likeness (QED) is 0.621. The van der Waals surface area contributed by atoms with Crippen LogP contribution in [0, 0.1) is 5.41 Å². The Balaban J connectivity index is 1.70. The molecule has 8 heteroatoms. The Kier molecular flexibility index (Phi) is 5.96. The van der Waals surface area contributed by atoms with Crippen molar-refractivity contribution in [1.82, 2.24) is 19.4 Å². The number of rotatable bonds is 3. The summed E-state index contributed by atoms with van der Waals surface area (Å²) in [6, 6.07) is 11.9.